The third-order valence-corrected chi connectivity index (χ3v) is 7.59. The topological polar surface area (TPSA) is 78.5 Å². The van der Waals surface area contributed by atoms with Gasteiger partial charge in [0, 0.05) is 37.0 Å². The smallest absolute Gasteiger partial charge is 0.253 e. The maximum Gasteiger partial charge on any atom is 0.253 e. The summed E-state index contributed by atoms with van der Waals surface area (Å²) in [7, 11) is -3.56. The van der Waals surface area contributed by atoms with Gasteiger partial charge in [0.2, 0.25) is 5.91 Å². The number of hydrogen-bond donors (Lipinski definition) is 2. The maximum absolute atomic E-state index is 12.7. The number of amides is 1. The summed E-state index contributed by atoms with van der Waals surface area (Å²) in [5.41, 5.74) is 0. The van der Waals surface area contributed by atoms with Gasteiger partial charge in [0.1, 0.15) is 10.3 Å². The molecule has 0 aromatic carbocycles. The van der Waals surface area contributed by atoms with Gasteiger partial charge in [-0.25, -0.2) is 8.42 Å². The zero-order valence-electron chi connectivity index (χ0n) is 12.9. The van der Waals surface area contributed by atoms with E-state index in [0.717, 1.165) is 24.4 Å². The zero-order chi connectivity index (χ0) is 15.7. The van der Waals surface area contributed by atoms with Crippen LogP contribution in [-0.2, 0) is 14.8 Å². The Kier molecular flexibility index (Phi) is 6.07. The van der Waals surface area contributed by atoms with Gasteiger partial charge in [-0.05, 0) is 31.9 Å². The Balaban J connectivity index is 0.00000192. The molecule has 0 radical (unpaired) electrons. The molecule has 6 nitrogen and oxygen atoms in total. The fourth-order valence-corrected chi connectivity index (χ4v) is 5.88. The number of hydrogen-bond acceptors (Lipinski definition) is 5. The fraction of sp³-hybridized carbons (Fsp3) is 0.643. The van der Waals surface area contributed by atoms with Crippen LogP contribution >= 0.6 is 23.7 Å². The van der Waals surface area contributed by atoms with Gasteiger partial charge in [-0.15, -0.1) is 23.7 Å². The Labute approximate surface area is 147 Å². The molecule has 9 heteroatoms. The standard InChI is InChI=1S/C14H21N3O3S2.ClH/c1-10-4-5-13(21-10)22(19,20)17-6-2-3-12(17)14(18)16-9-11-7-15-8-11;/h4-5,11-12,15H,2-3,6-9H2,1H3,(H,16,18);1H. The van der Waals surface area contributed by atoms with Crippen LogP contribution in [0.4, 0.5) is 0 Å². The second-order valence-electron chi connectivity index (χ2n) is 5.91. The highest BCUT2D eigenvalue weighted by atomic mass is 35.5. The summed E-state index contributed by atoms with van der Waals surface area (Å²) < 4.78 is 27.1. The first kappa shape index (κ1) is 18.7. The Morgan fingerprint density at radius 1 is 1.43 bits per heavy atom. The van der Waals surface area contributed by atoms with Gasteiger partial charge in [0.05, 0.1) is 0 Å². The number of halogens is 1. The average Bonchev–Trinajstić information content (AvgIpc) is 3.05. The van der Waals surface area contributed by atoms with Gasteiger partial charge in [-0.1, -0.05) is 0 Å². The zero-order valence-corrected chi connectivity index (χ0v) is 15.4. The molecule has 1 aromatic rings. The monoisotopic (exact) mass is 379 g/mol. The molecule has 0 spiro atoms. The lowest BCUT2D eigenvalue weighted by Gasteiger charge is -2.28. The van der Waals surface area contributed by atoms with Crippen LogP contribution < -0.4 is 10.6 Å². The van der Waals surface area contributed by atoms with Crippen LogP contribution in [0, 0.1) is 12.8 Å². The van der Waals surface area contributed by atoms with E-state index in [2.05, 4.69) is 10.6 Å². The lowest BCUT2D eigenvalue weighted by molar-refractivity contribution is -0.124. The van der Waals surface area contributed by atoms with Crippen molar-refractivity contribution in [1.29, 1.82) is 0 Å². The van der Waals surface area contributed by atoms with Crippen molar-refractivity contribution >= 4 is 39.7 Å². The SMILES string of the molecule is Cc1ccc(S(=O)(=O)N2CCCC2C(=O)NCC2CNC2)s1.Cl. The van der Waals surface area contributed by atoms with Crippen LogP contribution in [0.3, 0.4) is 0 Å². The lowest BCUT2D eigenvalue weighted by atomic mass is 10.0. The number of rotatable bonds is 5. The quantitative estimate of drug-likeness (QED) is 0.799. The molecule has 2 saturated heterocycles. The molecule has 2 N–H and O–H groups in total. The average molecular weight is 380 g/mol. The Bertz CT molecular complexity index is 658. The van der Waals surface area contributed by atoms with Gasteiger partial charge in [0.25, 0.3) is 10.0 Å². The molecule has 1 amide bonds. The summed E-state index contributed by atoms with van der Waals surface area (Å²) in [6.07, 6.45) is 1.32. The molecular weight excluding hydrogens is 358 g/mol. The molecule has 130 valence electrons. The van der Waals surface area contributed by atoms with E-state index in [1.807, 2.05) is 6.92 Å². The Hall–Kier alpha value is -0.670. The number of carbonyl (C=O) groups is 1. The predicted molar refractivity (Wildman–Crippen MR) is 92.6 cm³/mol. The minimum Gasteiger partial charge on any atom is -0.354 e. The summed E-state index contributed by atoms with van der Waals surface area (Å²) in [5, 5.41) is 6.06. The number of thiophene rings is 1. The van der Waals surface area contributed by atoms with E-state index in [1.165, 1.54) is 15.6 Å². The molecule has 1 unspecified atom stereocenters. The van der Waals surface area contributed by atoms with E-state index in [9.17, 15) is 13.2 Å². The highest BCUT2D eigenvalue weighted by molar-refractivity contribution is 7.91. The molecule has 1 aromatic heterocycles. The second kappa shape index (κ2) is 7.48. The summed E-state index contributed by atoms with van der Waals surface area (Å²) in [6.45, 7) is 4.75. The molecule has 3 rings (SSSR count). The minimum atomic E-state index is -3.56. The summed E-state index contributed by atoms with van der Waals surface area (Å²) in [6, 6.07) is 2.86. The molecule has 0 aliphatic carbocycles. The van der Waals surface area contributed by atoms with Crippen molar-refractivity contribution < 1.29 is 13.2 Å². The van der Waals surface area contributed by atoms with Crippen molar-refractivity contribution in [1.82, 2.24) is 14.9 Å². The van der Waals surface area contributed by atoms with Crippen LogP contribution in [0.2, 0.25) is 0 Å². The van der Waals surface area contributed by atoms with E-state index >= 15 is 0 Å². The first-order valence-corrected chi connectivity index (χ1v) is 9.81. The number of sulfonamides is 1. The summed E-state index contributed by atoms with van der Waals surface area (Å²) in [4.78, 5) is 13.3. The van der Waals surface area contributed by atoms with Crippen LogP contribution in [0.15, 0.2) is 16.3 Å². The minimum absolute atomic E-state index is 0. The molecule has 3 heterocycles. The van der Waals surface area contributed by atoms with Gasteiger partial charge < -0.3 is 10.6 Å². The second-order valence-corrected chi connectivity index (χ2v) is 9.31. The largest absolute Gasteiger partial charge is 0.354 e. The predicted octanol–water partition coefficient (Wildman–Crippen LogP) is 0.967. The van der Waals surface area contributed by atoms with Crippen molar-refractivity contribution in [2.75, 3.05) is 26.2 Å². The Morgan fingerprint density at radius 3 is 2.74 bits per heavy atom. The van der Waals surface area contributed by atoms with Gasteiger partial charge >= 0.3 is 0 Å². The first-order chi connectivity index (χ1) is 10.5. The molecular formula is C14H22ClN3O3S2. The summed E-state index contributed by atoms with van der Waals surface area (Å²) >= 11 is 1.26. The highest BCUT2D eigenvalue weighted by Gasteiger charge is 2.40. The van der Waals surface area contributed by atoms with Crippen molar-refractivity contribution in [2.24, 2.45) is 5.92 Å². The molecule has 0 saturated carbocycles. The number of carbonyl (C=O) groups excluding carboxylic acids is 1. The van der Waals surface area contributed by atoms with E-state index < -0.39 is 16.1 Å². The first-order valence-electron chi connectivity index (χ1n) is 7.55. The highest BCUT2D eigenvalue weighted by Crippen LogP contribution is 2.30. The third kappa shape index (κ3) is 3.88. The van der Waals surface area contributed by atoms with E-state index in [-0.39, 0.29) is 18.3 Å². The van der Waals surface area contributed by atoms with Gasteiger partial charge in [-0.3, -0.25) is 4.79 Å². The molecule has 0 bridgehead atoms. The number of aryl methyl sites for hydroxylation is 1. The third-order valence-electron chi connectivity index (χ3n) is 4.22. The number of nitrogens with zero attached hydrogens (tertiary/aromatic N) is 1. The van der Waals surface area contributed by atoms with Crippen molar-refractivity contribution in [3.8, 4) is 0 Å². The fourth-order valence-electron chi connectivity index (χ4n) is 2.81. The van der Waals surface area contributed by atoms with Crippen LogP contribution in [0.1, 0.15) is 17.7 Å². The van der Waals surface area contributed by atoms with Gasteiger partial charge in [0.15, 0.2) is 0 Å². The molecule has 2 aliphatic heterocycles. The number of nitrogens with one attached hydrogen (secondary N) is 2. The maximum atomic E-state index is 12.7. The molecule has 2 fully saturated rings. The molecule has 23 heavy (non-hydrogen) atoms. The molecule has 1 atom stereocenters. The molecule has 2 aliphatic rings. The normalized spacial score (nSPS) is 22.4. The van der Waals surface area contributed by atoms with Crippen LogP contribution in [0.5, 0.6) is 0 Å². The Morgan fingerprint density at radius 2 is 2.17 bits per heavy atom. The van der Waals surface area contributed by atoms with E-state index in [0.29, 0.717) is 29.6 Å². The lowest BCUT2D eigenvalue weighted by Crippen LogP contribution is -2.51. The van der Waals surface area contributed by atoms with Crippen molar-refractivity contribution in [3.63, 3.8) is 0 Å². The van der Waals surface area contributed by atoms with Crippen LogP contribution in [0.25, 0.3) is 0 Å². The summed E-state index contributed by atoms with van der Waals surface area (Å²) in [5.74, 6) is 0.302. The van der Waals surface area contributed by atoms with E-state index in [1.54, 1.807) is 12.1 Å². The van der Waals surface area contributed by atoms with E-state index in [4.69, 9.17) is 0 Å². The van der Waals surface area contributed by atoms with Crippen molar-refractivity contribution in [2.45, 2.75) is 30.0 Å². The van der Waals surface area contributed by atoms with Gasteiger partial charge in [-0.2, -0.15) is 4.31 Å². The van der Waals surface area contributed by atoms with Crippen LogP contribution in [-0.4, -0.2) is 50.9 Å². The van der Waals surface area contributed by atoms with Crippen molar-refractivity contribution in [3.05, 3.63) is 17.0 Å².